The maximum atomic E-state index is 12.7. The van der Waals surface area contributed by atoms with Crippen LogP contribution in [-0.2, 0) is 14.3 Å². The smallest absolute Gasteiger partial charge is 0.289 e. The number of amides is 3. The first-order chi connectivity index (χ1) is 11.9. The molecule has 1 N–H and O–H groups in total. The van der Waals surface area contributed by atoms with Gasteiger partial charge in [0.05, 0.1) is 12.9 Å². The van der Waals surface area contributed by atoms with Gasteiger partial charge in [-0.2, -0.15) is 0 Å². The lowest BCUT2D eigenvalue weighted by molar-refractivity contribution is -0.149. The van der Waals surface area contributed by atoms with E-state index in [4.69, 9.17) is 9.15 Å². The first-order valence-electron chi connectivity index (χ1n) is 8.27. The van der Waals surface area contributed by atoms with Crippen molar-refractivity contribution < 1.29 is 23.5 Å². The molecule has 0 bridgehead atoms. The van der Waals surface area contributed by atoms with Gasteiger partial charge in [0.15, 0.2) is 5.76 Å². The second-order valence-electron chi connectivity index (χ2n) is 6.44. The molecule has 0 unspecified atom stereocenters. The fourth-order valence-electron chi connectivity index (χ4n) is 2.65. The van der Waals surface area contributed by atoms with E-state index in [0.29, 0.717) is 39.3 Å². The molecule has 1 fully saturated rings. The summed E-state index contributed by atoms with van der Waals surface area (Å²) in [6, 6.07) is 3.28. The highest BCUT2D eigenvalue weighted by Gasteiger charge is 2.40. The lowest BCUT2D eigenvalue weighted by Gasteiger charge is -2.37. The van der Waals surface area contributed by atoms with E-state index in [9.17, 15) is 14.4 Å². The molecular formula is C17H25N3O5. The summed E-state index contributed by atoms with van der Waals surface area (Å²) in [5, 5.41) is 2.70. The fraction of sp³-hybridized carbons (Fsp3) is 0.588. The molecule has 2 rings (SSSR count). The standard InChI is InChI=1S/C17H25N3O5/c1-17(2,15(22)18-6-12-24-3)16(23)20-9-7-19(8-10-20)14(21)13-5-4-11-25-13/h4-5,11H,6-10,12H2,1-3H3,(H,18,22). The normalized spacial score (nSPS) is 15.2. The zero-order valence-corrected chi connectivity index (χ0v) is 14.9. The Morgan fingerprint density at radius 3 is 2.40 bits per heavy atom. The Kier molecular flexibility index (Phi) is 6.19. The van der Waals surface area contributed by atoms with E-state index in [2.05, 4.69) is 5.32 Å². The van der Waals surface area contributed by atoms with Crippen molar-refractivity contribution in [2.45, 2.75) is 13.8 Å². The number of piperazine rings is 1. The zero-order valence-electron chi connectivity index (χ0n) is 14.9. The number of methoxy groups -OCH3 is 1. The second kappa shape index (κ2) is 8.15. The van der Waals surface area contributed by atoms with Crippen LogP contribution in [0, 0.1) is 5.41 Å². The van der Waals surface area contributed by atoms with Crippen LogP contribution in [0.15, 0.2) is 22.8 Å². The van der Waals surface area contributed by atoms with Crippen molar-refractivity contribution in [3.63, 3.8) is 0 Å². The Morgan fingerprint density at radius 1 is 1.20 bits per heavy atom. The van der Waals surface area contributed by atoms with Crippen molar-refractivity contribution >= 4 is 17.7 Å². The molecular weight excluding hydrogens is 326 g/mol. The summed E-state index contributed by atoms with van der Waals surface area (Å²) in [6.07, 6.45) is 1.46. The van der Waals surface area contributed by atoms with Crippen LogP contribution in [0.25, 0.3) is 0 Å². The summed E-state index contributed by atoms with van der Waals surface area (Å²) in [4.78, 5) is 40.5. The summed E-state index contributed by atoms with van der Waals surface area (Å²) in [5.41, 5.74) is -1.17. The van der Waals surface area contributed by atoms with Gasteiger partial charge in [-0.15, -0.1) is 0 Å². The van der Waals surface area contributed by atoms with E-state index in [1.165, 1.54) is 6.26 Å². The molecule has 0 atom stereocenters. The average Bonchev–Trinajstić information content (AvgIpc) is 3.15. The third kappa shape index (κ3) is 4.39. The molecule has 0 saturated carbocycles. The number of hydrogen-bond acceptors (Lipinski definition) is 5. The van der Waals surface area contributed by atoms with Gasteiger partial charge >= 0.3 is 0 Å². The summed E-state index contributed by atoms with van der Waals surface area (Å²) >= 11 is 0. The molecule has 8 nitrogen and oxygen atoms in total. The van der Waals surface area contributed by atoms with Gasteiger partial charge in [-0.05, 0) is 26.0 Å². The summed E-state index contributed by atoms with van der Waals surface area (Å²) in [5.74, 6) is -0.470. The molecule has 1 aromatic rings. The predicted molar refractivity (Wildman–Crippen MR) is 89.9 cm³/mol. The van der Waals surface area contributed by atoms with Crippen molar-refractivity contribution in [2.75, 3.05) is 46.4 Å². The molecule has 2 heterocycles. The first kappa shape index (κ1) is 19.0. The molecule has 1 aliphatic rings. The summed E-state index contributed by atoms with van der Waals surface area (Å²) < 4.78 is 10.0. The van der Waals surface area contributed by atoms with Gasteiger partial charge in [0.2, 0.25) is 11.8 Å². The van der Waals surface area contributed by atoms with Crippen LogP contribution < -0.4 is 5.32 Å². The fourth-order valence-corrected chi connectivity index (χ4v) is 2.65. The van der Waals surface area contributed by atoms with Crippen molar-refractivity contribution in [1.82, 2.24) is 15.1 Å². The number of nitrogens with one attached hydrogen (secondary N) is 1. The number of hydrogen-bond donors (Lipinski definition) is 1. The molecule has 25 heavy (non-hydrogen) atoms. The molecule has 8 heteroatoms. The van der Waals surface area contributed by atoms with Crippen molar-refractivity contribution in [3.8, 4) is 0 Å². The number of ether oxygens (including phenoxy) is 1. The highest BCUT2D eigenvalue weighted by Crippen LogP contribution is 2.21. The Labute approximate surface area is 147 Å². The van der Waals surface area contributed by atoms with Crippen molar-refractivity contribution in [2.24, 2.45) is 5.41 Å². The van der Waals surface area contributed by atoms with Crippen LogP contribution >= 0.6 is 0 Å². The molecule has 3 amide bonds. The Balaban J connectivity index is 1.89. The van der Waals surface area contributed by atoms with Gasteiger partial charge in [-0.3, -0.25) is 14.4 Å². The quantitative estimate of drug-likeness (QED) is 0.590. The van der Waals surface area contributed by atoms with Crippen LogP contribution in [0.3, 0.4) is 0 Å². The van der Waals surface area contributed by atoms with Crippen molar-refractivity contribution in [1.29, 1.82) is 0 Å². The van der Waals surface area contributed by atoms with Gasteiger partial charge in [0.25, 0.3) is 5.91 Å². The minimum Gasteiger partial charge on any atom is -0.459 e. The SMILES string of the molecule is COCCNC(=O)C(C)(C)C(=O)N1CCN(C(=O)c2ccco2)CC1. The summed E-state index contributed by atoms with van der Waals surface area (Å²) in [6.45, 7) is 5.57. The zero-order chi connectivity index (χ0) is 18.4. The number of carbonyl (C=O) groups is 3. The van der Waals surface area contributed by atoms with Crippen LogP contribution in [-0.4, -0.2) is 74.0 Å². The molecule has 0 spiro atoms. The van der Waals surface area contributed by atoms with Crippen LogP contribution in [0.4, 0.5) is 0 Å². The van der Waals surface area contributed by atoms with Gasteiger partial charge in [0.1, 0.15) is 5.41 Å². The molecule has 0 aromatic carbocycles. The Hall–Kier alpha value is -2.35. The monoisotopic (exact) mass is 351 g/mol. The van der Waals surface area contributed by atoms with Crippen LogP contribution in [0.1, 0.15) is 24.4 Å². The van der Waals surface area contributed by atoms with Gasteiger partial charge in [0, 0.05) is 39.8 Å². The first-order valence-corrected chi connectivity index (χ1v) is 8.27. The lowest BCUT2D eigenvalue weighted by Crippen LogP contribution is -2.56. The summed E-state index contributed by atoms with van der Waals surface area (Å²) in [7, 11) is 1.55. The topological polar surface area (TPSA) is 92.1 Å². The highest BCUT2D eigenvalue weighted by atomic mass is 16.5. The Morgan fingerprint density at radius 2 is 1.84 bits per heavy atom. The minimum atomic E-state index is -1.17. The van der Waals surface area contributed by atoms with E-state index in [-0.39, 0.29) is 23.5 Å². The number of rotatable bonds is 6. The van der Waals surface area contributed by atoms with Gasteiger partial charge < -0.3 is 24.3 Å². The van der Waals surface area contributed by atoms with Crippen LogP contribution in [0.2, 0.25) is 0 Å². The van der Waals surface area contributed by atoms with E-state index in [1.807, 2.05) is 0 Å². The van der Waals surface area contributed by atoms with E-state index in [0.717, 1.165) is 0 Å². The highest BCUT2D eigenvalue weighted by molar-refractivity contribution is 6.04. The minimum absolute atomic E-state index is 0.186. The van der Waals surface area contributed by atoms with Gasteiger partial charge in [-0.25, -0.2) is 0 Å². The third-order valence-corrected chi connectivity index (χ3v) is 4.28. The predicted octanol–water partition coefficient (Wildman–Crippen LogP) is 0.353. The third-order valence-electron chi connectivity index (χ3n) is 4.28. The maximum Gasteiger partial charge on any atom is 0.289 e. The van der Waals surface area contributed by atoms with E-state index >= 15 is 0 Å². The Bertz CT molecular complexity index is 604. The molecule has 138 valence electrons. The largest absolute Gasteiger partial charge is 0.459 e. The lowest BCUT2D eigenvalue weighted by atomic mass is 9.90. The average molecular weight is 351 g/mol. The van der Waals surface area contributed by atoms with Gasteiger partial charge in [-0.1, -0.05) is 0 Å². The number of furan rings is 1. The number of carbonyl (C=O) groups excluding carboxylic acids is 3. The van der Waals surface area contributed by atoms with Crippen molar-refractivity contribution in [3.05, 3.63) is 24.2 Å². The van der Waals surface area contributed by atoms with Crippen LogP contribution in [0.5, 0.6) is 0 Å². The molecule has 1 aliphatic heterocycles. The molecule has 1 aromatic heterocycles. The molecule has 1 saturated heterocycles. The van der Waals surface area contributed by atoms with E-state index in [1.54, 1.807) is 42.9 Å². The molecule has 0 aliphatic carbocycles. The maximum absolute atomic E-state index is 12.7. The number of nitrogens with zero attached hydrogens (tertiary/aromatic N) is 2. The van der Waals surface area contributed by atoms with E-state index < -0.39 is 5.41 Å². The second-order valence-corrected chi connectivity index (χ2v) is 6.44. The molecule has 0 radical (unpaired) electrons.